The van der Waals surface area contributed by atoms with E-state index in [4.69, 9.17) is 0 Å². The number of carbonyl (C=O) groups excluding carboxylic acids is 1. The van der Waals surface area contributed by atoms with Crippen molar-refractivity contribution in [3.8, 4) is 0 Å². The van der Waals surface area contributed by atoms with Gasteiger partial charge in [-0.1, -0.05) is 13.8 Å². The summed E-state index contributed by atoms with van der Waals surface area (Å²) in [6.07, 6.45) is 1.68. The van der Waals surface area contributed by atoms with E-state index in [-0.39, 0.29) is 11.5 Å². The van der Waals surface area contributed by atoms with E-state index >= 15 is 0 Å². The quantitative estimate of drug-likeness (QED) is 0.771. The van der Waals surface area contributed by atoms with Crippen molar-refractivity contribution in [2.45, 2.75) is 33.2 Å². The van der Waals surface area contributed by atoms with E-state index in [1.54, 1.807) is 29.0 Å². The number of amides is 1. The molecule has 7 heteroatoms. The van der Waals surface area contributed by atoms with Gasteiger partial charge in [-0.25, -0.2) is 9.97 Å². The van der Waals surface area contributed by atoms with Gasteiger partial charge in [0.2, 0.25) is 5.95 Å². The molecular formula is C17H19N5O2. The number of fused-ring (bicyclic) bond motifs is 1. The van der Waals surface area contributed by atoms with Gasteiger partial charge in [-0.3, -0.25) is 19.5 Å². The van der Waals surface area contributed by atoms with Gasteiger partial charge in [0.25, 0.3) is 11.5 Å². The lowest BCUT2D eigenvalue weighted by atomic mass is 10.1. The maximum atomic E-state index is 12.5. The minimum Gasteiger partial charge on any atom is -0.325 e. The number of aromatic nitrogens is 4. The Bertz CT molecular complexity index is 955. The third-order valence-corrected chi connectivity index (χ3v) is 3.84. The van der Waals surface area contributed by atoms with Crippen LogP contribution < -0.4 is 10.9 Å². The SMILES string of the molecule is CCn1c(NC(=O)c2ccc(C(C)C)[nH]c2=O)nc2cccnc21. The van der Waals surface area contributed by atoms with Gasteiger partial charge in [0, 0.05) is 18.4 Å². The first-order valence-corrected chi connectivity index (χ1v) is 7.87. The molecule has 0 aromatic carbocycles. The van der Waals surface area contributed by atoms with Crippen LogP contribution in [0.4, 0.5) is 5.95 Å². The molecule has 0 saturated heterocycles. The molecule has 0 fully saturated rings. The number of nitrogens with zero attached hydrogens (tertiary/aromatic N) is 3. The maximum absolute atomic E-state index is 12.5. The highest BCUT2D eigenvalue weighted by atomic mass is 16.2. The molecule has 0 saturated carbocycles. The molecular weight excluding hydrogens is 306 g/mol. The molecule has 0 bridgehead atoms. The molecule has 7 nitrogen and oxygen atoms in total. The zero-order chi connectivity index (χ0) is 17.3. The zero-order valence-corrected chi connectivity index (χ0v) is 13.8. The van der Waals surface area contributed by atoms with Crippen LogP contribution in [0.25, 0.3) is 11.2 Å². The Hall–Kier alpha value is -2.96. The molecule has 0 unspecified atom stereocenters. The predicted octanol–water partition coefficient (Wildman–Crippen LogP) is 2.52. The molecule has 0 atom stereocenters. The van der Waals surface area contributed by atoms with Crippen molar-refractivity contribution in [3.05, 3.63) is 52.1 Å². The van der Waals surface area contributed by atoms with Gasteiger partial charge < -0.3 is 4.98 Å². The summed E-state index contributed by atoms with van der Waals surface area (Å²) >= 11 is 0. The largest absolute Gasteiger partial charge is 0.325 e. The van der Waals surface area contributed by atoms with Gasteiger partial charge in [-0.2, -0.15) is 0 Å². The van der Waals surface area contributed by atoms with Crippen LogP contribution in [0.1, 0.15) is 42.7 Å². The Labute approximate surface area is 138 Å². The van der Waals surface area contributed by atoms with Gasteiger partial charge in [-0.15, -0.1) is 0 Å². The smallest absolute Gasteiger partial charge is 0.263 e. The first-order chi connectivity index (χ1) is 11.5. The molecule has 0 aliphatic rings. The van der Waals surface area contributed by atoms with Crippen molar-refractivity contribution in [3.63, 3.8) is 0 Å². The Morgan fingerprint density at radius 1 is 1.33 bits per heavy atom. The van der Waals surface area contributed by atoms with Crippen molar-refractivity contribution < 1.29 is 4.79 Å². The highest BCUT2D eigenvalue weighted by Gasteiger charge is 2.16. The molecule has 124 valence electrons. The molecule has 3 rings (SSSR count). The van der Waals surface area contributed by atoms with Crippen LogP contribution in [-0.2, 0) is 6.54 Å². The fourth-order valence-corrected chi connectivity index (χ4v) is 2.53. The van der Waals surface area contributed by atoms with Crippen LogP contribution in [0.15, 0.2) is 35.3 Å². The third-order valence-electron chi connectivity index (χ3n) is 3.84. The number of imidazole rings is 1. The Kier molecular flexibility index (Phi) is 4.16. The fraction of sp³-hybridized carbons (Fsp3) is 0.294. The molecule has 0 aliphatic carbocycles. The average molecular weight is 325 g/mol. The third kappa shape index (κ3) is 2.80. The summed E-state index contributed by atoms with van der Waals surface area (Å²) in [6.45, 7) is 6.49. The number of nitrogens with one attached hydrogen (secondary N) is 2. The number of hydrogen-bond donors (Lipinski definition) is 2. The molecule has 0 radical (unpaired) electrons. The maximum Gasteiger partial charge on any atom is 0.263 e. The van der Waals surface area contributed by atoms with Gasteiger partial charge >= 0.3 is 0 Å². The van der Waals surface area contributed by atoms with Gasteiger partial charge in [0.1, 0.15) is 11.1 Å². The lowest BCUT2D eigenvalue weighted by Gasteiger charge is -2.08. The fourth-order valence-electron chi connectivity index (χ4n) is 2.53. The molecule has 3 aromatic heterocycles. The van der Waals surface area contributed by atoms with Crippen LogP contribution in [0, 0.1) is 0 Å². The van der Waals surface area contributed by atoms with Crippen LogP contribution >= 0.6 is 0 Å². The van der Waals surface area contributed by atoms with Crippen LogP contribution in [0.2, 0.25) is 0 Å². The first kappa shape index (κ1) is 15.9. The monoisotopic (exact) mass is 325 g/mol. The van der Waals surface area contributed by atoms with Crippen molar-refractivity contribution in [2.75, 3.05) is 5.32 Å². The highest BCUT2D eigenvalue weighted by molar-refractivity contribution is 6.03. The van der Waals surface area contributed by atoms with Gasteiger partial charge in [-0.05, 0) is 37.1 Å². The minimum atomic E-state index is -0.489. The number of rotatable bonds is 4. The lowest BCUT2D eigenvalue weighted by Crippen LogP contribution is -2.25. The molecule has 1 amide bonds. The van der Waals surface area contributed by atoms with Crippen molar-refractivity contribution >= 4 is 23.0 Å². The van der Waals surface area contributed by atoms with Crippen LogP contribution in [-0.4, -0.2) is 25.4 Å². The molecule has 24 heavy (non-hydrogen) atoms. The minimum absolute atomic E-state index is 0.0575. The Balaban J connectivity index is 1.94. The van der Waals surface area contributed by atoms with E-state index < -0.39 is 11.5 Å². The number of aromatic amines is 1. The summed E-state index contributed by atoms with van der Waals surface area (Å²) in [7, 11) is 0. The second-order valence-corrected chi connectivity index (χ2v) is 5.79. The van der Waals surface area contributed by atoms with E-state index in [1.807, 2.05) is 26.8 Å². The number of pyridine rings is 2. The summed E-state index contributed by atoms with van der Waals surface area (Å²) in [5.74, 6) is 0.0743. The Morgan fingerprint density at radius 2 is 2.12 bits per heavy atom. The average Bonchev–Trinajstić information content (AvgIpc) is 2.91. The zero-order valence-electron chi connectivity index (χ0n) is 13.8. The van der Waals surface area contributed by atoms with Crippen LogP contribution in [0.3, 0.4) is 0 Å². The molecule has 3 aromatic rings. The number of hydrogen-bond acceptors (Lipinski definition) is 4. The second-order valence-electron chi connectivity index (χ2n) is 5.79. The number of aryl methyl sites for hydroxylation is 1. The van der Waals surface area contributed by atoms with E-state index in [0.717, 1.165) is 5.69 Å². The van der Waals surface area contributed by atoms with Crippen molar-refractivity contribution in [2.24, 2.45) is 0 Å². The van der Waals surface area contributed by atoms with Crippen molar-refractivity contribution in [1.29, 1.82) is 0 Å². The normalized spacial score (nSPS) is 11.2. The number of anilines is 1. The first-order valence-electron chi connectivity index (χ1n) is 7.87. The van der Waals surface area contributed by atoms with Gasteiger partial charge in [0.05, 0.1) is 0 Å². The van der Waals surface area contributed by atoms with Crippen molar-refractivity contribution in [1.82, 2.24) is 19.5 Å². The molecule has 0 aliphatic heterocycles. The summed E-state index contributed by atoms with van der Waals surface area (Å²) in [5.41, 5.74) is 1.83. The predicted molar refractivity (Wildman–Crippen MR) is 92.3 cm³/mol. The summed E-state index contributed by atoms with van der Waals surface area (Å²) in [6, 6.07) is 6.91. The van der Waals surface area contributed by atoms with E-state index in [0.29, 0.717) is 23.7 Å². The van der Waals surface area contributed by atoms with E-state index in [1.165, 1.54) is 0 Å². The summed E-state index contributed by atoms with van der Waals surface area (Å²) < 4.78 is 1.80. The topological polar surface area (TPSA) is 92.7 Å². The summed E-state index contributed by atoms with van der Waals surface area (Å²) in [5, 5.41) is 2.71. The molecule has 2 N–H and O–H groups in total. The highest BCUT2D eigenvalue weighted by Crippen LogP contribution is 2.17. The molecule has 0 spiro atoms. The van der Waals surface area contributed by atoms with Crippen LogP contribution in [0.5, 0.6) is 0 Å². The Morgan fingerprint density at radius 3 is 2.79 bits per heavy atom. The number of H-pyrrole nitrogens is 1. The molecule has 3 heterocycles. The second kappa shape index (κ2) is 6.27. The van der Waals surface area contributed by atoms with E-state index in [2.05, 4.69) is 20.3 Å². The van der Waals surface area contributed by atoms with Gasteiger partial charge in [0.15, 0.2) is 5.65 Å². The number of carbonyl (C=O) groups is 1. The lowest BCUT2D eigenvalue weighted by molar-refractivity contribution is 0.102. The van der Waals surface area contributed by atoms with E-state index in [9.17, 15) is 9.59 Å². The standard InChI is InChI=1S/C17H19N5O2/c1-4-22-14-13(6-5-9-18-14)20-17(22)21-16(24)11-7-8-12(10(2)3)19-15(11)23/h5-10H,4H2,1-3H3,(H,19,23)(H,20,21,24). The summed E-state index contributed by atoms with van der Waals surface area (Å²) in [4.78, 5) is 36.0.